The second kappa shape index (κ2) is 6.46. The van der Waals surface area contributed by atoms with Crippen LogP contribution in [0.5, 0.6) is 0 Å². The molecule has 1 fully saturated rings. The van der Waals surface area contributed by atoms with E-state index < -0.39 is 0 Å². The third-order valence-electron chi connectivity index (χ3n) is 3.59. The molecule has 0 radical (unpaired) electrons. The van der Waals surface area contributed by atoms with E-state index in [-0.39, 0.29) is 0 Å². The quantitative estimate of drug-likeness (QED) is 0.652. The smallest absolute Gasteiger partial charge is 0.0474 e. The van der Waals surface area contributed by atoms with Gasteiger partial charge < -0.3 is 15.4 Å². The number of methoxy groups -OCH3 is 1. The van der Waals surface area contributed by atoms with Crippen LogP contribution in [-0.4, -0.2) is 45.3 Å². The van der Waals surface area contributed by atoms with Crippen LogP contribution in [0.1, 0.15) is 32.1 Å². The lowest BCUT2D eigenvalue weighted by atomic mass is 9.86. The van der Waals surface area contributed by atoms with Gasteiger partial charge in [-0.3, -0.25) is 0 Å². The molecular weight excluding hydrogens is 188 g/mol. The summed E-state index contributed by atoms with van der Waals surface area (Å²) in [6.07, 6.45) is 6.48. The Morgan fingerprint density at radius 1 is 1.33 bits per heavy atom. The highest BCUT2D eigenvalue weighted by Crippen LogP contribution is 2.37. The third-order valence-corrected chi connectivity index (χ3v) is 3.59. The van der Waals surface area contributed by atoms with E-state index in [1.807, 2.05) is 0 Å². The zero-order valence-electron chi connectivity index (χ0n) is 10.3. The van der Waals surface area contributed by atoms with E-state index in [2.05, 4.69) is 11.9 Å². The molecule has 1 aliphatic rings. The van der Waals surface area contributed by atoms with Gasteiger partial charge in [0, 0.05) is 26.8 Å². The van der Waals surface area contributed by atoms with E-state index in [9.17, 15) is 0 Å². The molecule has 0 heterocycles. The van der Waals surface area contributed by atoms with Crippen molar-refractivity contribution in [2.24, 2.45) is 11.1 Å². The molecule has 1 rings (SSSR count). The fraction of sp³-hybridized carbons (Fsp3) is 1.00. The molecule has 0 aromatic heterocycles. The van der Waals surface area contributed by atoms with Crippen LogP contribution in [0.25, 0.3) is 0 Å². The van der Waals surface area contributed by atoms with Crippen LogP contribution in [0, 0.1) is 5.41 Å². The molecule has 1 aliphatic carbocycles. The van der Waals surface area contributed by atoms with Gasteiger partial charge in [-0.15, -0.1) is 0 Å². The summed E-state index contributed by atoms with van der Waals surface area (Å²) >= 11 is 0. The van der Waals surface area contributed by atoms with Crippen molar-refractivity contribution in [2.45, 2.75) is 32.1 Å². The van der Waals surface area contributed by atoms with E-state index in [1.54, 1.807) is 7.11 Å². The Hall–Kier alpha value is -0.120. The highest BCUT2D eigenvalue weighted by molar-refractivity contribution is 4.87. The van der Waals surface area contributed by atoms with E-state index in [0.29, 0.717) is 5.41 Å². The zero-order valence-corrected chi connectivity index (χ0v) is 10.3. The monoisotopic (exact) mass is 214 g/mol. The summed E-state index contributed by atoms with van der Waals surface area (Å²) < 4.78 is 5.06. The number of hydrogen-bond donors (Lipinski definition) is 1. The SMILES string of the molecule is COCCCN(C)CC1(CN)CCCC1. The molecule has 2 N–H and O–H groups in total. The zero-order chi connectivity index (χ0) is 11.1. The standard InChI is InChI=1S/C12H26N2O/c1-14(8-5-9-15-2)11-12(10-13)6-3-4-7-12/h3-11,13H2,1-2H3. The second-order valence-electron chi connectivity index (χ2n) is 5.00. The Morgan fingerprint density at radius 3 is 2.53 bits per heavy atom. The first-order valence-electron chi connectivity index (χ1n) is 6.10. The summed E-state index contributed by atoms with van der Waals surface area (Å²) in [5.41, 5.74) is 6.34. The van der Waals surface area contributed by atoms with E-state index >= 15 is 0 Å². The lowest BCUT2D eigenvalue weighted by Crippen LogP contribution is -2.39. The predicted octanol–water partition coefficient (Wildman–Crippen LogP) is 1.47. The molecule has 0 atom stereocenters. The van der Waals surface area contributed by atoms with Gasteiger partial charge in [-0.05, 0) is 38.3 Å². The Bertz CT molecular complexity index is 167. The van der Waals surface area contributed by atoms with Gasteiger partial charge in [0.2, 0.25) is 0 Å². The average molecular weight is 214 g/mol. The minimum Gasteiger partial charge on any atom is -0.385 e. The lowest BCUT2D eigenvalue weighted by molar-refractivity contribution is 0.151. The van der Waals surface area contributed by atoms with Crippen molar-refractivity contribution >= 4 is 0 Å². The second-order valence-corrected chi connectivity index (χ2v) is 5.00. The molecule has 0 aliphatic heterocycles. The van der Waals surface area contributed by atoms with Gasteiger partial charge in [-0.1, -0.05) is 12.8 Å². The van der Waals surface area contributed by atoms with Gasteiger partial charge in [0.05, 0.1) is 0 Å². The third kappa shape index (κ3) is 4.09. The summed E-state index contributed by atoms with van der Waals surface area (Å²) in [5, 5.41) is 0. The van der Waals surface area contributed by atoms with Crippen molar-refractivity contribution in [1.29, 1.82) is 0 Å². The Labute approximate surface area is 94.0 Å². The fourth-order valence-corrected chi connectivity index (χ4v) is 2.68. The Balaban J connectivity index is 2.25. The van der Waals surface area contributed by atoms with Crippen LogP contribution in [0.15, 0.2) is 0 Å². The summed E-state index contributed by atoms with van der Waals surface area (Å²) in [4.78, 5) is 2.41. The fourth-order valence-electron chi connectivity index (χ4n) is 2.68. The molecule has 0 unspecified atom stereocenters. The lowest BCUT2D eigenvalue weighted by Gasteiger charge is -2.32. The predicted molar refractivity (Wildman–Crippen MR) is 63.9 cm³/mol. The number of rotatable bonds is 7. The van der Waals surface area contributed by atoms with Crippen molar-refractivity contribution in [3.63, 3.8) is 0 Å². The van der Waals surface area contributed by atoms with Gasteiger partial charge in [0.25, 0.3) is 0 Å². The molecule has 0 spiro atoms. The minimum absolute atomic E-state index is 0.418. The molecule has 3 heteroatoms. The average Bonchev–Trinajstić information content (AvgIpc) is 2.67. The van der Waals surface area contributed by atoms with E-state index in [1.165, 1.54) is 25.7 Å². The summed E-state index contributed by atoms with van der Waals surface area (Å²) in [5.74, 6) is 0. The normalized spacial score (nSPS) is 20.0. The maximum Gasteiger partial charge on any atom is 0.0474 e. The molecule has 0 saturated heterocycles. The van der Waals surface area contributed by atoms with Gasteiger partial charge in [0.1, 0.15) is 0 Å². The number of nitrogens with zero attached hydrogens (tertiary/aromatic N) is 1. The number of hydrogen-bond acceptors (Lipinski definition) is 3. The largest absolute Gasteiger partial charge is 0.385 e. The van der Waals surface area contributed by atoms with Crippen molar-refractivity contribution in [3.05, 3.63) is 0 Å². The van der Waals surface area contributed by atoms with E-state index in [0.717, 1.165) is 32.7 Å². The van der Waals surface area contributed by atoms with Crippen LogP contribution in [-0.2, 0) is 4.74 Å². The molecule has 15 heavy (non-hydrogen) atoms. The van der Waals surface area contributed by atoms with Crippen LogP contribution in [0.4, 0.5) is 0 Å². The van der Waals surface area contributed by atoms with Crippen molar-refractivity contribution < 1.29 is 4.74 Å². The minimum atomic E-state index is 0.418. The van der Waals surface area contributed by atoms with Crippen molar-refractivity contribution in [1.82, 2.24) is 4.90 Å². The maximum atomic E-state index is 5.92. The summed E-state index contributed by atoms with van der Waals surface area (Å²) in [6.45, 7) is 3.99. The highest BCUT2D eigenvalue weighted by Gasteiger charge is 2.33. The number of nitrogens with two attached hydrogens (primary N) is 1. The Kier molecular flexibility index (Phi) is 5.58. The van der Waals surface area contributed by atoms with Gasteiger partial charge in [0.15, 0.2) is 0 Å². The van der Waals surface area contributed by atoms with Gasteiger partial charge in [-0.2, -0.15) is 0 Å². The first-order valence-corrected chi connectivity index (χ1v) is 6.10. The molecular formula is C12H26N2O. The molecule has 0 bridgehead atoms. The molecule has 3 nitrogen and oxygen atoms in total. The molecule has 0 aromatic carbocycles. The van der Waals surface area contributed by atoms with E-state index in [4.69, 9.17) is 10.5 Å². The molecule has 0 amide bonds. The summed E-state index contributed by atoms with van der Waals surface area (Å²) in [7, 11) is 3.96. The van der Waals surface area contributed by atoms with Crippen LogP contribution < -0.4 is 5.73 Å². The molecule has 90 valence electrons. The van der Waals surface area contributed by atoms with Crippen molar-refractivity contribution in [3.8, 4) is 0 Å². The van der Waals surface area contributed by atoms with Crippen LogP contribution in [0.3, 0.4) is 0 Å². The maximum absolute atomic E-state index is 5.92. The van der Waals surface area contributed by atoms with Crippen LogP contribution >= 0.6 is 0 Å². The first-order chi connectivity index (χ1) is 7.22. The molecule has 0 aromatic rings. The van der Waals surface area contributed by atoms with Crippen LogP contribution in [0.2, 0.25) is 0 Å². The van der Waals surface area contributed by atoms with Gasteiger partial charge >= 0.3 is 0 Å². The number of ether oxygens (including phenoxy) is 1. The summed E-state index contributed by atoms with van der Waals surface area (Å²) in [6, 6.07) is 0. The Morgan fingerprint density at radius 2 is 2.00 bits per heavy atom. The topological polar surface area (TPSA) is 38.5 Å². The van der Waals surface area contributed by atoms with Crippen molar-refractivity contribution in [2.75, 3.05) is 40.4 Å². The molecule has 1 saturated carbocycles. The highest BCUT2D eigenvalue weighted by atomic mass is 16.5. The first kappa shape index (κ1) is 12.9. The van der Waals surface area contributed by atoms with Gasteiger partial charge in [-0.25, -0.2) is 0 Å².